The zero-order valence-electron chi connectivity index (χ0n) is 7.04. The lowest BCUT2D eigenvalue weighted by atomic mass is 10.1. The van der Waals surface area contributed by atoms with Crippen molar-refractivity contribution in [3.05, 3.63) is 41.1 Å². The van der Waals surface area contributed by atoms with Crippen molar-refractivity contribution in [2.45, 2.75) is 6.92 Å². The van der Waals surface area contributed by atoms with Gasteiger partial charge in [-0.05, 0) is 19.1 Å². The molecule has 0 atom stereocenters. The Morgan fingerprint density at radius 2 is 2.00 bits per heavy atom. The van der Waals surface area contributed by atoms with Crippen LogP contribution in [0.2, 0.25) is 5.02 Å². The van der Waals surface area contributed by atoms with Gasteiger partial charge < -0.3 is 4.52 Å². The average Bonchev–Trinajstić information content (AvgIpc) is 2.53. The molecule has 2 aromatic rings. The Labute approximate surface area is 81.1 Å². The maximum Gasteiger partial charge on any atom is 0.142 e. The van der Waals surface area contributed by atoms with Crippen molar-refractivity contribution < 1.29 is 4.52 Å². The van der Waals surface area contributed by atoms with E-state index >= 15 is 0 Å². The second kappa shape index (κ2) is 3.23. The smallest absolute Gasteiger partial charge is 0.142 e. The summed E-state index contributed by atoms with van der Waals surface area (Å²) in [6.07, 6.45) is 0. The van der Waals surface area contributed by atoms with Crippen molar-refractivity contribution in [1.82, 2.24) is 5.16 Å². The van der Waals surface area contributed by atoms with Crippen LogP contribution < -0.4 is 0 Å². The van der Waals surface area contributed by atoms with E-state index < -0.39 is 0 Å². The summed E-state index contributed by atoms with van der Waals surface area (Å²) in [5, 5.41) is 4.55. The SMILES string of the molecule is Cc1[c]c(-c2ccc(Cl)cc2)no1. The first-order valence-corrected chi connectivity index (χ1v) is 4.25. The Kier molecular flexibility index (Phi) is 2.07. The maximum atomic E-state index is 5.75. The zero-order chi connectivity index (χ0) is 9.26. The molecule has 65 valence electrons. The van der Waals surface area contributed by atoms with Gasteiger partial charge in [-0.2, -0.15) is 0 Å². The molecule has 2 rings (SSSR count). The summed E-state index contributed by atoms with van der Waals surface area (Å²) in [5.41, 5.74) is 1.68. The molecule has 1 heterocycles. The fraction of sp³-hybridized carbons (Fsp3) is 0.100. The fourth-order valence-electron chi connectivity index (χ4n) is 1.06. The Morgan fingerprint density at radius 3 is 2.54 bits per heavy atom. The number of rotatable bonds is 1. The normalized spacial score (nSPS) is 10.3. The predicted molar refractivity (Wildman–Crippen MR) is 50.5 cm³/mol. The zero-order valence-corrected chi connectivity index (χ0v) is 7.80. The highest BCUT2D eigenvalue weighted by molar-refractivity contribution is 6.30. The molecule has 0 saturated heterocycles. The van der Waals surface area contributed by atoms with Crippen LogP contribution in [-0.4, -0.2) is 5.16 Å². The molecule has 0 fully saturated rings. The summed E-state index contributed by atoms with van der Waals surface area (Å²) >= 11 is 5.75. The van der Waals surface area contributed by atoms with Crippen LogP contribution in [0.1, 0.15) is 5.76 Å². The van der Waals surface area contributed by atoms with E-state index in [1.807, 2.05) is 31.2 Å². The molecule has 0 amide bonds. The molecule has 2 nitrogen and oxygen atoms in total. The van der Waals surface area contributed by atoms with E-state index in [1.54, 1.807) is 0 Å². The first kappa shape index (κ1) is 8.32. The van der Waals surface area contributed by atoms with Gasteiger partial charge in [0.2, 0.25) is 0 Å². The van der Waals surface area contributed by atoms with Gasteiger partial charge in [0.15, 0.2) is 0 Å². The third kappa shape index (κ3) is 1.73. The molecular weight excluding hydrogens is 186 g/mol. The molecule has 0 spiro atoms. The Morgan fingerprint density at radius 1 is 1.31 bits per heavy atom. The lowest BCUT2D eigenvalue weighted by Crippen LogP contribution is -1.75. The molecule has 0 N–H and O–H groups in total. The van der Waals surface area contributed by atoms with Gasteiger partial charge in [-0.15, -0.1) is 0 Å². The van der Waals surface area contributed by atoms with E-state index in [4.69, 9.17) is 16.1 Å². The molecule has 0 saturated carbocycles. The molecule has 0 aliphatic rings. The number of nitrogens with zero attached hydrogens (tertiary/aromatic N) is 1. The monoisotopic (exact) mass is 192 g/mol. The average molecular weight is 193 g/mol. The second-order valence-corrected chi connectivity index (χ2v) is 3.16. The van der Waals surface area contributed by atoms with Crippen LogP contribution in [-0.2, 0) is 0 Å². The lowest BCUT2D eigenvalue weighted by Gasteiger charge is -1.93. The largest absolute Gasteiger partial charge is 0.360 e. The van der Waals surface area contributed by atoms with Crippen molar-refractivity contribution in [2.75, 3.05) is 0 Å². The molecular formula is C10H7ClNO. The molecule has 1 radical (unpaired) electrons. The van der Waals surface area contributed by atoms with Gasteiger partial charge in [0, 0.05) is 10.6 Å². The predicted octanol–water partition coefficient (Wildman–Crippen LogP) is 3.10. The van der Waals surface area contributed by atoms with Crippen molar-refractivity contribution in [1.29, 1.82) is 0 Å². The number of aromatic nitrogens is 1. The topological polar surface area (TPSA) is 26.0 Å². The van der Waals surface area contributed by atoms with Crippen LogP contribution in [0.5, 0.6) is 0 Å². The Bertz CT molecular complexity index is 405. The van der Waals surface area contributed by atoms with Gasteiger partial charge in [-0.25, -0.2) is 0 Å². The van der Waals surface area contributed by atoms with Crippen LogP contribution in [0.3, 0.4) is 0 Å². The van der Waals surface area contributed by atoms with Gasteiger partial charge in [0.1, 0.15) is 11.5 Å². The van der Waals surface area contributed by atoms with Crippen LogP contribution in [0, 0.1) is 13.0 Å². The quantitative estimate of drug-likeness (QED) is 0.694. The number of hydrogen-bond acceptors (Lipinski definition) is 2. The minimum atomic E-state index is 0.685. The van der Waals surface area contributed by atoms with E-state index in [2.05, 4.69) is 11.2 Å². The summed E-state index contributed by atoms with van der Waals surface area (Å²) in [6, 6.07) is 10.4. The van der Waals surface area contributed by atoms with E-state index in [0.717, 1.165) is 5.56 Å². The third-order valence-electron chi connectivity index (χ3n) is 1.69. The van der Waals surface area contributed by atoms with Gasteiger partial charge in [-0.1, -0.05) is 28.9 Å². The summed E-state index contributed by atoms with van der Waals surface area (Å²) in [6.45, 7) is 1.81. The van der Waals surface area contributed by atoms with Crippen molar-refractivity contribution in [3.8, 4) is 11.3 Å². The Hall–Kier alpha value is -1.28. The highest BCUT2D eigenvalue weighted by atomic mass is 35.5. The van der Waals surface area contributed by atoms with Gasteiger partial charge >= 0.3 is 0 Å². The molecule has 3 heteroatoms. The Balaban J connectivity index is 2.41. The van der Waals surface area contributed by atoms with E-state index in [1.165, 1.54) is 0 Å². The molecule has 0 aliphatic carbocycles. The lowest BCUT2D eigenvalue weighted by molar-refractivity contribution is 0.399. The summed E-state index contributed by atoms with van der Waals surface area (Å²) in [5.74, 6) is 0.685. The fourth-order valence-corrected chi connectivity index (χ4v) is 1.19. The van der Waals surface area contributed by atoms with Crippen LogP contribution in [0.25, 0.3) is 11.3 Å². The summed E-state index contributed by atoms with van der Waals surface area (Å²) < 4.78 is 4.91. The third-order valence-corrected chi connectivity index (χ3v) is 1.94. The summed E-state index contributed by atoms with van der Waals surface area (Å²) in [7, 11) is 0. The first-order valence-electron chi connectivity index (χ1n) is 3.87. The molecule has 0 bridgehead atoms. The van der Waals surface area contributed by atoms with Crippen LogP contribution in [0.15, 0.2) is 28.8 Å². The molecule has 0 unspecified atom stereocenters. The van der Waals surface area contributed by atoms with Crippen LogP contribution in [0.4, 0.5) is 0 Å². The van der Waals surface area contributed by atoms with Crippen LogP contribution >= 0.6 is 11.6 Å². The van der Waals surface area contributed by atoms with E-state index in [9.17, 15) is 0 Å². The minimum Gasteiger partial charge on any atom is -0.360 e. The van der Waals surface area contributed by atoms with Crippen molar-refractivity contribution in [3.63, 3.8) is 0 Å². The van der Waals surface area contributed by atoms with Crippen molar-refractivity contribution in [2.24, 2.45) is 0 Å². The number of benzene rings is 1. The maximum absolute atomic E-state index is 5.75. The summed E-state index contributed by atoms with van der Waals surface area (Å²) in [4.78, 5) is 0. The molecule has 1 aromatic heterocycles. The van der Waals surface area contributed by atoms with Gasteiger partial charge in [0.05, 0.1) is 6.07 Å². The minimum absolute atomic E-state index is 0.685. The van der Waals surface area contributed by atoms with E-state index in [0.29, 0.717) is 16.5 Å². The van der Waals surface area contributed by atoms with Gasteiger partial charge in [0.25, 0.3) is 0 Å². The molecule has 13 heavy (non-hydrogen) atoms. The molecule has 1 aromatic carbocycles. The number of halogens is 1. The van der Waals surface area contributed by atoms with E-state index in [-0.39, 0.29) is 0 Å². The highest BCUT2D eigenvalue weighted by Crippen LogP contribution is 2.20. The number of aryl methyl sites for hydroxylation is 1. The van der Waals surface area contributed by atoms with Crippen molar-refractivity contribution >= 4 is 11.6 Å². The first-order chi connectivity index (χ1) is 6.25. The number of hydrogen-bond donors (Lipinski definition) is 0. The van der Waals surface area contributed by atoms with Gasteiger partial charge in [-0.3, -0.25) is 0 Å². The highest BCUT2D eigenvalue weighted by Gasteiger charge is 2.03. The standard InChI is InChI=1S/C10H7ClNO/c1-7-6-10(12-13-7)8-2-4-9(11)5-3-8/h2-5H,1H3. The molecule has 0 aliphatic heterocycles. The second-order valence-electron chi connectivity index (χ2n) is 2.72.